The average molecular weight is 544 g/mol. The van der Waals surface area contributed by atoms with E-state index >= 15 is 0 Å². The zero-order chi connectivity index (χ0) is 27.2. The zero-order valence-electron chi connectivity index (χ0n) is 20.1. The minimum absolute atomic E-state index is 0.0384. The summed E-state index contributed by atoms with van der Waals surface area (Å²) >= 11 is 0. The first-order chi connectivity index (χ1) is 17.5. The number of aliphatic carboxylic acids is 1. The molecule has 0 fully saturated rings. The predicted molar refractivity (Wildman–Crippen MR) is 138 cm³/mol. The quantitative estimate of drug-likeness (QED) is 0.330. The zero-order valence-corrected chi connectivity index (χ0v) is 21.7. The lowest BCUT2D eigenvalue weighted by Crippen LogP contribution is -2.27. The minimum Gasteiger partial charge on any atom is -0.495 e. The molecule has 0 saturated heterocycles. The second-order valence-corrected chi connectivity index (χ2v) is 11.7. The molecule has 0 aliphatic heterocycles. The van der Waals surface area contributed by atoms with Gasteiger partial charge in [-0.05, 0) is 47.9 Å². The van der Waals surface area contributed by atoms with Gasteiger partial charge < -0.3 is 15.2 Å². The number of ether oxygens (including phenoxy) is 1. The number of nitrogens with one attached hydrogen (secondary N) is 2. The van der Waals surface area contributed by atoms with Crippen LogP contribution in [0.4, 0.5) is 5.69 Å². The van der Waals surface area contributed by atoms with Gasteiger partial charge in [-0.1, -0.05) is 30.3 Å². The number of rotatable bonds is 11. The largest absolute Gasteiger partial charge is 0.495 e. The second-order valence-electron chi connectivity index (χ2n) is 8.01. The summed E-state index contributed by atoms with van der Waals surface area (Å²) in [7, 11) is -6.22. The molecule has 3 aromatic carbocycles. The van der Waals surface area contributed by atoms with Crippen LogP contribution < -0.4 is 14.8 Å². The Balaban J connectivity index is 1.90. The van der Waals surface area contributed by atoms with Crippen LogP contribution in [0.25, 0.3) is 11.1 Å². The van der Waals surface area contributed by atoms with E-state index in [1.807, 2.05) is 6.07 Å². The number of hydrogen-bond donors (Lipinski definition) is 3. The third-order valence-electron chi connectivity index (χ3n) is 5.41. The van der Waals surface area contributed by atoms with E-state index in [1.165, 1.54) is 31.4 Å². The summed E-state index contributed by atoms with van der Waals surface area (Å²) in [5.41, 5.74) is 2.21. The molecule has 0 aromatic heterocycles. The number of nitrogens with zero attached hydrogens (tertiary/aromatic N) is 1. The van der Waals surface area contributed by atoms with Crippen molar-refractivity contribution in [2.75, 3.05) is 31.8 Å². The fourth-order valence-electron chi connectivity index (χ4n) is 3.68. The van der Waals surface area contributed by atoms with Gasteiger partial charge in [0, 0.05) is 24.1 Å². The summed E-state index contributed by atoms with van der Waals surface area (Å²) in [6, 6.07) is 17.4. The highest BCUT2D eigenvalue weighted by Gasteiger charge is 2.21. The molecule has 0 atom stereocenters. The number of carboxylic acids is 1. The Kier molecular flexibility index (Phi) is 8.54. The SMILES string of the molecule is COc1ccc(C#N)cc1S(=O)(=O)NCCc1ccc(-c2ccccc2S(C)(=O)=O)cc1NCC(=O)O. The topological polar surface area (TPSA) is 163 Å². The van der Waals surface area contributed by atoms with Crippen LogP contribution in [0.3, 0.4) is 0 Å². The van der Waals surface area contributed by atoms with Crippen molar-refractivity contribution in [1.29, 1.82) is 5.26 Å². The molecule has 0 aliphatic carbocycles. The number of nitriles is 1. The van der Waals surface area contributed by atoms with Gasteiger partial charge in [0.15, 0.2) is 9.84 Å². The Bertz CT molecular complexity index is 1580. The second kappa shape index (κ2) is 11.4. The van der Waals surface area contributed by atoms with Crippen molar-refractivity contribution < 1.29 is 31.5 Å². The molecule has 37 heavy (non-hydrogen) atoms. The maximum Gasteiger partial charge on any atom is 0.322 e. The standard InChI is InChI=1S/C25H25N3O7S2/c1-35-22-10-7-17(15-26)13-24(22)37(33,34)28-12-11-18-8-9-19(14-21(18)27-16-25(29)30)20-5-3-4-6-23(20)36(2,31)32/h3-10,13-14,27-28H,11-12,16H2,1-2H3,(H,29,30). The highest BCUT2D eigenvalue weighted by Crippen LogP contribution is 2.31. The van der Waals surface area contributed by atoms with Crippen LogP contribution in [-0.2, 0) is 31.1 Å². The number of hydrogen-bond acceptors (Lipinski definition) is 8. The van der Waals surface area contributed by atoms with Gasteiger partial charge in [-0.2, -0.15) is 5.26 Å². The summed E-state index contributed by atoms with van der Waals surface area (Å²) in [6.45, 7) is -0.433. The monoisotopic (exact) mass is 543 g/mol. The first kappa shape index (κ1) is 27.7. The van der Waals surface area contributed by atoms with Crippen molar-refractivity contribution in [2.45, 2.75) is 16.2 Å². The van der Waals surface area contributed by atoms with E-state index in [2.05, 4.69) is 10.0 Å². The molecule has 0 aliphatic rings. The number of benzene rings is 3. The molecule has 0 radical (unpaired) electrons. The highest BCUT2D eigenvalue weighted by molar-refractivity contribution is 7.91. The van der Waals surface area contributed by atoms with Gasteiger partial charge in [-0.15, -0.1) is 0 Å². The first-order valence-corrected chi connectivity index (χ1v) is 14.3. The number of sulfone groups is 1. The molecule has 3 rings (SSSR count). The van der Waals surface area contributed by atoms with E-state index in [9.17, 15) is 21.6 Å². The maximum atomic E-state index is 12.9. The number of carboxylic acid groups (broad SMARTS) is 1. The molecule has 3 aromatic rings. The molecule has 12 heteroatoms. The van der Waals surface area contributed by atoms with Gasteiger partial charge in [-0.25, -0.2) is 21.6 Å². The lowest BCUT2D eigenvalue weighted by Gasteiger charge is -2.15. The average Bonchev–Trinajstić information content (AvgIpc) is 2.86. The van der Waals surface area contributed by atoms with Crippen LogP contribution in [0, 0.1) is 11.3 Å². The summed E-state index contributed by atoms with van der Waals surface area (Å²) < 4.78 is 57.9. The van der Waals surface area contributed by atoms with Gasteiger partial charge in [0.25, 0.3) is 0 Å². The lowest BCUT2D eigenvalue weighted by molar-refractivity contribution is -0.134. The van der Waals surface area contributed by atoms with Gasteiger partial charge in [-0.3, -0.25) is 4.79 Å². The van der Waals surface area contributed by atoms with Crippen LogP contribution >= 0.6 is 0 Å². The minimum atomic E-state index is -4.02. The van der Waals surface area contributed by atoms with Crippen LogP contribution in [0.5, 0.6) is 5.75 Å². The van der Waals surface area contributed by atoms with E-state index in [-0.39, 0.29) is 34.1 Å². The molecule has 10 nitrogen and oxygen atoms in total. The van der Waals surface area contributed by atoms with Crippen molar-refractivity contribution in [3.05, 3.63) is 71.8 Å². The van der Waals surface area contributed by atoms with Gasteiger partial charge in [0.1, 0.15) is 17.2 Å². The maximum absolute atomic E-state index is 12.9. The molecule has 0 saturated carbocycles. The molecule has 3 N–H and O–H groups in total. The molecule has 0 amide bonds. The van der Waals surface area contributed by atoms with Crippen LogP contribution in [0.15, 0.2) is 70.5 Å². The molecule has 0 bridgehead atoms. The third-order valence-corrected chi connectivity index (χ3v) is 8.04. The summed E-state index contributed by atoms with van der Waals surface area (Å²) in [5, 5.41) is 21.1. The molecular weight excluding hydrogens is 518 g/mol. The Hall–Kier alpha value is -3.92. The Morgan fingerprint density at radius 2 is 1.76 bits per heavy atom. The molecule has 194 valence electrons. The first-order valence-electron chi connectivity index (χ1n) is 10.9. The highest BCUT2D eigenvalue weighted by atomic mass is 32.2. The lowest BCUT2D eigenvalue weighted by atomic mass is 10.0. The van der Waals surface area contributed by atoms with Crippen LogP contribution in [0.1, 0.15) is 11.1 Å². The molecule has 0 unspecified atom stereocenters. The number of anilines is 1. The molecular formula is C25H25N3O7S2. The normalized spacial score (nSPS) is 11.5. The molecule has 0 spiro atoms. The van der Waals surface area contributed by atoms with Crippen molar-refractivity contribution in [3.63, 3.8) is 0 Å². The van der Waals surface area contributed by atoms with Gasteiger partial charge in [0.2, 0.25) is 10.0 Å². The number of methoxy groups -OCH3 is 1. The van der Waals surface area contributed by atoms with Crippen molar-refractivity contribution in [1.82, 2.24) is 4.72 Å². The number of sulfonamides is 1. The fourth-order valence-corrected chi connectivity index (χ4v) is 5.82. The Morgan fingerprint density at radius 3 is 2.41 bits per heavy atom. The van der Waals surface area contributed by atoms with E-state index in [0.29, 0.717) is 22.4 Å². The van der Waals surface area contributed by atoms with Gasteiger partial charge in [0.05, 0.1) is 23.6 Å². The van der Waals surface area contributed by atoms with Gasteiger partial charge >= 0.3 is 5.97 Å². The van der Waals surface area contributed by atoms with E-state index < -0.39 is 32.4 Å². The number of carbonyl (C=O) groups is 1. The Labute approximate surface area is 215 Å². The van der Waals surface area contributed by atoms with Crippen LogP contribution in [0.2, 0.25) is 0 Å². The smallest absolute Gasteiger partial charge is 0.322 e. The summed E-state index contributed by atoms with van der Waals surface area (Å²) in [5.74, 6) is -1.01. The van der Waals surface area contributed by atoms with E-state index in [4.69, 9.17) is 15.1 Å². The summed E-state index contributed by atoms with van der Waals surface area (Å²) in [6.07, 6.45) is 1.30. The molecule has 0 heterocycles. The predicted octanol–water partition coefficient (Wildman–Crippen LogP) is 2.65. The van der Waals surface area contributed by atoms with E-state index in [0.717, 1.165) is 6.26 Å². The van der Waals surface area contributed by atoms with Crippen LogP contribution in [-0.4, -0.2) is 54.4 Å². The fraction of sp³-hybridized carbons (Fsp3) is 0.200. The van der Waals surface area contributed by atoms with Crippen molar-refractivity contribution in [2.24, 2.45) is 0 Å². The van der Waals surface area contributed by atoms with Crippen molar-refractivity contribution in [3.8, 4) is 22.9 Å². The third kappa shape index (κ3) is 6.85. The summed E-state index contributed by atoms with van der Waals surface area (Å²) in [4.78, 5) is 11.1. The Morgan fingerprint density at radius 1 is 1.03 bits per heavy atom. The van der Waals surface area contributed by atoms with Crippen molar-refractivity contribution >= 4 is 31.5 Å². The van der Waals surface area contributed by atoms with E-state index in [1.54, 1.807) is 36.4 Å².